The second-order valence-electron chi connectivity index (χ2n) is 4.10. The monoisotopic (exact) mass is 269 g/mol. The standard InChI is InChI=1S/C10H20ClNO3S/c1-3-12(8-10-5-4-6-15-10)16(13,14)9(2)7-11/h9-10H,3-8H2,1-2H3. The summed E-state index contributed by atoms with van der Waals surface area (Å²) in [5.74, 6) is 0.129. The molecule has 1 rings (SSSR count). The molecule has 16 heavy (non-hydrogen) atoms. The van der Waals surface area contributed by atoms with Gasteiger partial charge in [0.25, 0.3) is 0 Å². The Hall–Kier alpha value is 0.160. The van der Waals surface area contributed by atoms with Crippen LogP contribution in [0, 0.1) is 0 Å². The zero-order valence-electron chi connectivity index (χ0n) is 9.86. The smallest absolute Gasteiger partial charge is 0.217 e. The van der Waals surface area contributed by atoms with E-state index in [9.17, 15) is 8.42 Å². The highest BCUT2D eigenvalue weighted by Gasteiger charge is 2.30. The van der Waals surface area contributed by atoms with Gasteiger partial charge >= 0.3 is 0 Å². The van der Waals surface area contributed by atoms with Gasteiger partial charge in [-0.05, 0) is 19.8 Å². The maximum absolute atomic E-state index is 12.1. The number of hydrogen-bond acceptors (Lipinski definition) is 3. The van der Waals surface area contributed by atoms with Gasteiger partial charge in [-0.2, -0.15) is 4.31 Å². The molecule has 96 valence electrons. The highest BCUT2D eigenvalue weighted by Crippen LogP contribution is 2.17. The number of nitrogens with zero attached hydrogens (tertiary/aromatic N) is 1. The largest absolute Gasteiger partial charge is 0.377 e. The van der Waals surface area contributed by atoms with Crippen molar-refractivity contribution in [1.82, 2.24) is 4.31 Å². The summed E-state index contributed by atoms with van der Waals surface area (Å²) in [5, 5.41) is -0.532. The first-order valence-corrected chi connectivity index (χ1v) is 7.72. The van der Waals surface area contributed by atoms with Crippen molar-refractivity contribution in [2.45, 2.75) is 38.0 Å². The summed E-state index contributed by atoms with van der Waals surface area (Å²) in [6, 6.07) is 0. The van der Waals surface area contributed by atoms with Gasteiger partial charge in [-0.3, -0.25) is 0 Å². The third-order valence-electron chi connectivity index (χ3n) is 2.87. The van der Waals surface area contributed by atoms with Crippen LogP contribution in [0.4, 0.5) is 0 Å². The Kier molecular flexibility index (Phi) is 5.50. The van der Waals surface area contributed by atoms with Gasteiger partial charge < -0.3 is 4.74 Å². The fraction of sp³-hybridized carbons (Fsp3) is 1.00. The van der Waals surface area contributed by atoms with Gasteiger partial charge in [0.2, 0.25) is 10.0 Å². The molecule has 0 bridgehead atoms. The first-order chi connectivity index (χ1) is 7.52. The number of ether oxygens (including phenoxy) is 1. The molecule has 0 saturated carbocycles. The van der Waals surface area contributed by atoms with Crippen molar-refractivity contribution >= 4 is 21.6 Å². The predicted molar refractivity (Wildman–Crippen MR) is 65.3 cm³/mol. The molecular formula is C10H20ClNO3S. The molecular weight excluding hydrogens is 250 g/mol. The Morgan fingerprint density at radius 2 is 2.25 bits per heavy atom. The quantitative estimate of drug-likeness (QED) is 0.686. The first kappa shape index (κ1) is 14.2. The number of sulfonamides is 1. The maximum atomic E-state index is 12.1. The Morgan fingerprint density at radius 1 is 1.56 bits per heavy atom. The maximum Gasteiger partial charge on any atom is 0.217 e. The molecule has 0 aromatic heterocycles. The summed E-state index contributed by atoms with van der Waals surface area (Å²) >= 11 is 5.62. The second-order valence-corrected chi connectivity index (χ2v) is 6.76. The van der Waals surface area contributed by atoms with Gasteiger partial charge in [-0.15, -0.1) is 11.6 Å². The van der Waals surface area contributed by atoms with Crippen LogP contribution in [0.1, 0.15) is 26.7 Å². The molecule has 1 aliphatic rings. The lowest BCUT2D eigenvalue weighted by Crippen LogP contribution is -2.42. The molecule has 0 amide bonds. The molecule has 0 N–H and O–H groups in total. The third-order valence-corrected chi connectivity index (χ3v) is 5.83. The molecule has 0 radical (unpaired) electrons. The van der Waals surface area contributed by atoms with Gasteiger partial charge in [0.05, 0.1) is 11.4 Å². The molecule has 0 aromatic rings. The van der Waals surface area contributed by atoms with Crippen molar-refractivity contribution in [2.24, 2.45) is 0 Å². The van der Waals surface area contributed by atoms with E-state index in [2.05, 4.69) is 0 Å². The van der Waals surface area contributed by atoms with Gasteiger partial charge in [0, 0.05) is 25.6 Å². The number of hydrogen-bond donors (Lipinski definition) is 0. The van der Waals surface area contributed by atoms with Crippen molar-refractivity contribution in [3.8, 4) is 0 Å². The van der Waals surface area contributed by atoms with Gasteiger partial charge in [-0.1, -0.05) is 6.92 Å². The van der Waals surface area contributed by atoms with E-state index in [1.54, 1.807) is 6.92 Å². The van der Waals surface area contributed by atoms with Crippen LogP contribution in [-0.2, 0) is 14.8 Å². The summed E-state index contributed by atoms with van der Waals surface area (Å²) in [5.41, 5.74) is 0. The van der Waals surface area contributed by atoms with Crippen LogP contribution >= 0.6 is 11.6 Å². The fourth-order valence-electron chi connectivity index (χ4n) is 1.76. The molecule has 6 heteroatoms. The van der Waals surface area contributed by atoms with E-state index in [1.807, 2.05) is 6.92 Å². The highest BCUT2D eigenvalue weighted by atomic mass is 35.5. The van der Waals surface area contributed by atoms with Crippen LogP contribution in [0.25, 0.3) is 0 Å². The van der Waals surface area contributed by atoms with Crippen LogP contribution in [0.15, 0.2) is 0 Å². The van der Waals surface area contributed by atoms with E-state index >= 15 is 0 Å². The summed E-state index contributed by atoms with van der Waals surface area (Å²) in [4.78, 5) is 0. The molecule has 0 aromatic carbocycles. The zero-order valence-corrected chi connectivity index (χ0v) is 11.4. The van der Waals surface area contributed by atoms with Crippen LogP contribution in [0.2, 0.25) is 0 Å². The summed E-state index contributed by atoms with van der Waals surface area (Å²) < 4.78 is 31.1. The lowest BCUT2D eigenvalue weighted by Gasteiger charge is -2.25. The average Bonchev–Trinajstić information content (AvgIpc) is 2.76. The van der Waals surface area contributed by atoms with Crippen molar-refractivity contribution in [1.29, 1.82) is 0 Å². The minimum Gasteiger partial charge on any atom is -0.377 e. The number of halogens is 1. The molecule has 1 saturated heterocycles. The SMILES string of the molecule is CCN(CC1CCCO1)S(=O)(=O)C(C)CCl. The fourth-order valence-corrected chi connectivity index (χ4v) is 3.64. The lowest BCUT2D eigenvalue weighted by atomic mass is 10.2. The topological polar surface area (TPSA) is 46.6 Å². The molecule has 2 atom stereocenters. The minimum atomic E-state index is -3.27. The van der Waals surface area contributed by atoms with Gasteiger partial charge in [0.1, 0.15) is 0 Å². The number of alkyl halides is 1. The normalized spacial score (nSPS) is 23.9. The first-order valence-electron chi connectivity index (χ1n) is 5.68. The van der Waals surface area contributed by atoms with Crippen LogP contribution in [0.5, 0.6) is 0 Å². The van der Waals surface area contributed by atoms with Crippen molar-refractivity contribution in [3.63, 3.8) is 0 Å². The van der Waals surface area contributed by atoms with Gasteiger partial charge in [-0.25, -0.2) is 8.42 Å². The Labute approximate surface area is 103 Å². The van der Waals surface area contributed by atoms with Crippen molar-refractivity contribution in [2.75, 3.05) is 25.6 Å². The predicted octanol–water partition coefficient (Wildman–Crippen LogP) is 1.44. The summed E-state index contributed by atoms with van der Waals surface area (Å²) in [6.07, 6.45) is 2.02. The van der Waals surface area contributed by atoms with Gasteiger partial charge in [0.15, 0.2) is 0 Å². The van der Waals surface area contributed by atoms with E-state index in [1.165, 1.54) is 4.31 Å². The summed E-state index contributed by atoms with van der Waals surface area (Å²) in [7, 11) is -3.27. The molecule has 0 spiro atoms. The van der Waals surface area contributed by atoms with Crippen LogP contribution in [0.3, 0.4) is 0 Å². The van der Waals surface area contributed by atoms with E-state index in [0.717, 1.165) is 19.4 Å². The van der Waals surface area contributed by atoms with E-state index < -0.39 is 15.3 Å². The van der Waals surface area contributed by atoms with Crippen molar-refractivity contribution < 1.29 is 13.2 Å². The lowest BCUT2D eigenvalue weighted by molar-refractivity contribution is 0.0945. The minimum absolute atomic E-state index is 0.0530. The number of rotatable bonds is 6. The molecule has 1 fully saturated rings. The molecule has 2 unspecified atom stereocenters. The van der Waals surface area contributed by atoms with E-state index in [4.69, 9.17) is 16.3 Å². The Bertz CT molecular complexity index is 301. The number of likely N-dealkylation sites (N-methyl/N-ethyl adjacent to an activating group) is 1. The zero-order chi connectivity index (χ0) is 12.2. The highest BCUT2D eigenvalue weighted by molar-refractivity contribution is 7.89. The second kappa shape index (κ2) is 6.19. The molecule has 4 nitrogen and oxygen atoms in total. The summed E-state index contributed by atoms with van der Waals surface area (Å²) in [6.45, 7) is 5.16. The van der Waals surface area contributed by atoms with Crippen LogP contribution in [-0.4, -0.2) is 49.7 Å². The Morgan fingerprint density at radius 3 is 2.69 bits per heavy atom. The molecule has 0 aliphatic carbocycles. The van der Waals surface area contributed by atoms with Crippen molar-refractivity contribution in [3.05, 3.63) is 0 Å². The average molecular weight is 270 g/mol. The third kappa shape index (κ3) is 3.32. The Balaban J connectivity index is 2.65. The van der Waals surface area contributed by atoms with E-state index in [0.29, 0.717) is 13.1 Å². The molecule has 1 aliphatic heterocycles. The van der Waals surface area contributed by atoms with E-state index in [-0.39, 0.29) is 12.0 Å². The van der Waals surface area contributed by atoms with Crippen LogP contribution < -0.4 is 0 Å². The molecule has 1 heterocycles.